The molecule has 1 aliphatic heterocycles. The van der Waals surface area contributed by atoms with E-state index in [2.05, 4.69) is 32.8 Å². The normalized spacial score (nSPS) is 22.5. The maximum Gasteiger partial charge on any atom is 0.255 e. The summed E-state index contributed by atoms with van der Waals surface area (Å²) in [6.45, 7) is 1.97. The Morgan fingerprint density at radius 3 is 2.74 bits per heavy atom. The van der Waals surface area contributed by atoms with Gasteiger partial charge in [0.2, 0.25) is 0 Å². The predicted molar refractivity (Wildman–Crippen MR) is 84.2 cm³/mol. The second-order valence-electron chi connectivity index (χ2n) is 5.46. The first-order chi connectivity index (χ1) is 9.25. The number of carbonyl (C=O) groups is 1. The lowest BCUT2D eigenvalue weighted by Crippen LogP contribution is -2.42. The van der Waals surface area contributed by atoms with Gasteiger partial charge in [0.15, 0.2) is 0 Å². The molecule has 3 rings (SSSR count). The van der Waals surface area contributed by atoms with Gasteiger partial charge in [0.1, 0.15) is 0 Å². The number of carbonyl (C=O) groups excluding carboxylic acids is 1. The summed E-state index contributed by atoms with van der Waals surface area (Å²) in [4.78, 5) is 14.8. The highest BCUT2D eigenvalue weighted by molar-refractivity contribution is 14.1. The van der Waals surface area contributed by atoms with Crippen molar-refractivity contribution in [2.75, 3.05) is 13.1 Å². The van der Waals surface area contributed by atoms with E-state index in [1.165, 1.54) is 25.7 Å². The third-order valence-corrected chi connectivity index (χ3v) is 4.87. The molecule has 102 valence electrons. The summed E-state index contributed by atoms with van der Waals surface area (Å²) < 4.78 is 1.05. The van der Waals surface area contributed by atoms with Crippen LogP contribution in [0.1, 0.15) is 36.0 Å². The molecule has 1 heterocycles. The van der Waals surface area contributed by atoms with E-state index in [1.807, 2.05) is 24.3 Å². The molecule has 0 spiro atoms. The van der Waals surface area contributed by atoms with Gasteiger partial charge in [0.25, 0.3) is 5.91 Å². The lowest BCUT2D eigenvalue weighted by molar-refractivity contribution is 0.0727. The van der Waals surface area contributed by atoms with Crippen LogP contribution in [0.3, 0.4) is 0 Å². The van der Waals surface area contributed by atoms with E-state index in [0.717, 1.165) is 22.2 Å². The SMILES string of the molecule is O=C(c1ccccc1I)N(CC1CCCN1)C1CC1. The fourth-order valence-corrected chi connectivity index (χ4v) is 3.34. The summed E-state index contributed by atoms with van der Waals surface area (Å²) in [5.74, 6) is 0.209. The average Bonchev–Trinajstić information content (AvgIpc) is 3.13. The first-order valence-electron chi connectivity index (χ1n) is 7.04. The number of nitrogens with zero attached hydrogens (tertiary/aromatic N) is 1. The van der Waals surface area contributed by atoms with Gasteiger partial charge >= 0.3 is 0 Å². The van der Waals surface area contributed by atoms with E-state index >= 15 is 0 Å². The Bertz CT molecular complexity index is 467. The van der Waals surface area contributed by atoms with Gasteiger partial charge in [-0.1, -0.05) is 12.1 Å². The van der Waals surface area contributed by atoms with Crippen molar-refractivity contribution < 1.29 is 4.79 Å². The van der Waals surface area contributed by atoms with Crippen LogP contribution in [0.5, 0.6) is 0 Å². The van der Waals surface area contributed by atoms with Crippen molar-refractivity contribution in [3.63, 3.8) is 0 Å². The Labute approximate surface area is 127 Å². The fraction of sp³-hybridized carbons (Fsp3) is 0.533. The first kappa shape index (κ1) is 13.4. The van der Waals surface area contributed by atoms with Gasteiger partial charge in [-0.15, -0.1) is 0 Å². The number of nitrogens with one attached hydrogen (secondary N) is 1. The van der Waals surface area contributed by atoms with Crippen molar-refractivity contribution in [3.8, 4) is 0 Å². The van der Waals surface area contributed by atoms with E-state index in [1.54, 1.807) is 0 Å². The molecular weight excluding hydrogens is 351 g/mol. The highest BCUT2D eigenvalue weighted by Crippen LogP contribution is 2.30. The van der Waals surface area contributed by atoms with Gasteiger partial charge in [0.05, 0.1) is 5.56 Å². The topological polar surface area (TPSA) is 32.3 Å². The minimum absolute atomic E-state index is 0.209. The molecule has 1 aliphatic carbocycles. The minimum atomic E-state index is 0.209. The van der Waals surface area contributed by atoms with E-state index < -0.39 is 0 Å². The van der Waals surface area contributed by atoms with Crippen LogP contribution in [0.25, 0.3) is 0 Å². The van der Waals surface area contributed by atoms with Crippen LogP contribution in [-0.4, -0.2) is 36.0 Å². The largest absolute Gasteiger partial charge is 0.334 e. The lowest BCUT2D eigenvalue weighted by Gasteiger charge is -2.26. The average molecular weight is 370 g/mol. The molecule has 0 bridgehead atoms. The quantitative estimate of drug-likeness (QED) is 0.827. The summed E-state index contributed by atoms with van der Waals surface area (Å²) in [7, 11) is 0. The molecule has 1 saturated heterocycles. The van der Waals surface area contributed by atoms with Gasteiger partial charge in [0, 0.05) is 22.2 Å². The van der Waals surface area contributed by atoms with Crippen LogP contribution in [0, 0.1) is 3.57 Å². The minimum Gasteiger partial charge on any atom is -0.334 e. The monoisotopic (exact) mass is 370 g/mol. The van der Waals surface area contributed by atoms with Gasteiger partial charge in [-0.2, -0.15) is 0 Å². The summed E-state index contributed by atoms with van der Waals surface area (Å²) >= 11 is 2.25. The molecule has 0 radical (unpaired) electrons. The Kier molecular flexibility index (Phi) is 4.07. The van der Waals surface area contributed by atoms with Crippen molar-refractivity contribution in [2.45, 2.75) is 37.8 Å². The Morgan fingerprint density at radius 2 is 2.11 bits per heavy atom. The zero-order valence-electron chi connectivity index (χ0n) is 10.9. The zero-order valence-corrected chi connectivity index (χ0v) is 13.1. The van der Waals surface area contributed by atoms with Crippen LogP contribution in [0.15, 0.2) is 24.3 Å². The maximum absolute atomic E-state index is 12.7. The molecule has 2 aliphatic rings. The summed E-state index contributed by atoms with van der Waals surface area (Å²) in [6, 6.07) is 8.86. The summed E-state index contributed by atoms with van der Waals surface area (Å²) in [6.07, 6.45) is 4.77. The predicted octanol–water partition coefficient (Wildman–Crippen LogP) is 2.65. The van der Waals surface area contributed by atoms with E-state index in [4.69, 9.17) is 0 Å². The van der Waals surface area contributed by atoms with Gasteiger partial charge < -0.3 is 10.2 Å². The smallest absolute Gasteiger partial charge is 0.255 e. The summed E-state index contributed by atoms with van der Waals surface area (Å²) in [5, 5.41) is 3.49. The Balaban J connectivity index is 1.76. The molecule has 3 nitrogen and oxygen atoms in total. The summed E-state index contributed by atoms with van der Waals surface area (Å²) in [5.41, 5.74) is 0.855. The van der Waals surface area contributed by atoms with E-state index in [9.17, 15) is 4.79 Å². The maximum atomic E-state index is 12.7. The standard InChI is InChI=1S/C15H19IN2O/c16-14-6-2-1-5-13(14)15(19)18(12-7-8-12)10-11-4-3-9-17-11/h1-2,5-6,11-12,17H,3-4,7-10H2. The number of hydrogen-bond acceptors (Lipinski definition) is 2. The van der Waals surface area contributed by atoms with Crippen molar-refractivity contribution in [2.24, 2.45) is 0 Å². The van der Waals surface area contributed by atoms with Gasteiger partial charge in [-0.3, -0.25) is 4.79 Å². The zero-order chi connectivity index (χ0) is 13.2. The fourth-order valence-electron chi connectivity index (χ4n) is 2.72. The van der Waals surface area contributed by atoms with Crippen LogP contribution >= 0.6 is 22.6 Å². The lowest BCUT2D eigenvalue weighted by atomic mass is 10.1. The van der Waals surface area contributed by atoms with Crippen molar-refractivity contribution in [3.05, 3.63) is 33.4 Å². The van der Waals surface area contributed by atoms with Gasteiger partial charge in [-0.05, 0) is 67.0 Å². The molecular formula is C15H19IN2O. The first-order valence-corrected chi connectivity index (χ1v) is 8.12. The number of hydrogen-bond donors (Lipinski definition) is 1. The molecule has 1 aromatic carbocycles. The molecule has 2 fully saturated rings. The molecule has 4 heteroatoms. The van der Waals surface area contributed by atoms with Crippen LogP contribution in [-0.2, 0) is 0 Å². The number of halogens is 1. The van der Waals surface area contributed by atoms with Crippen LogP contribution < -0.4 is 5.32 Å². The highest BCUT2D eigenvalue weighted by Gasteiger charge is 2.35. The third kappa shape index (κ3) is 3.11. The number of rotatable bonds is 4. The van der Waals surface area contributed by atoms with Gasteiger partial charge in [-0.25, -0.2) is 0 Å². The van der Waals surface area contributed by atoms with E-state index in [-0.39, 0.29) is 5.91 Å². The van der Waals surface area contributed by atoms with Crippen molar-refractivity contribution in [1.82, 2.24) is 10.2 Å². The molecule has 1 saturated carbocycles. The third-order valence-electron chi connectivity index (χ3n) is 3.93. The molecule has 1 unspecified atom stereocenters. The molecule has 1 aromatic rings. The van der Waals surface area contributed by atoms with Crippen LogP contribution in [0.2, 0.25) is 0 Å². The van der Waals surface area contributed by atoms with E-state index in [0.29, 0.717) is 12.1 Å². The molecule has 1 atom stereocenters. The second kappa shape index (κ2) is 5.79. The molecule has 19 heavy (non-hydrogen) atoms. The molecule has 0 aromatic heterocycles. The second-order valence-corrected chi connectivity index (χ2v) is 6.62. The highest BCUT2D eigenvalue weighted by atomic mass is 127. The molecule has 1 N–H and O–H groups in total. The molecule has 1 amide bonds. The van der Waals surface area contributed by atoms with Crippen LogP contribution in [0.4, 0.5) is 0 Å². The number of benzene rings is 1. The van der Waals surface area contributed by atoms with Crippen molar-refractivity contribution >= 4 is 28.5 Å². The number of amides is 1. The van der Waals surface area contributed by atoms with Crippen molar-refractivity contribution in [1.29, 1.82) is 0 Å². The Morgan fingerprint density at radius 1 is 1.32 bits per heavy atom. The Hall–Kier alpha value is -0.620.